The van der Waals surface area contributed by atoms with Gasteiger partial charge >= 0.3 is 0 Å². The molecule has 2 rings (SSSR count). The van der Waals surface area contributed by atoms with Crippen LogP contribution in [0.3, 0.4) is 0 Å². The van der Waals surface area contributed by atoms with Crippen LogP contribution in [0.15, 0.2) is 0 Å². The zero-order valence-electron chi connectivity index (χ0n) is 10.2. The Morgan fingerprint density at radius 1 is 1.50 bits per heavy atom. The Kier molecular flexibility index (Phi) is 4.14. The second-order valence-electron chi connectivity index (χ2n) is 5.02. The molecule has 0 aromatic carbocycles. The van der Waals surface area contributed by atoms with Crippen LogP contribution in [0.5, 0.6) is 0 Å². The van der Waals surface area contributed by atoms with Crippen LogP contribution in [0.4, 0.5) is 0 Å². The van der Waals surface area contributed by atoms with E-state index >= 15 is 0 Å². The van der Waals surface area contributed by atoms with E-state index in [0.717, 1.165) is 18.8 Å². The van der Waals surface area contributed by atoms with Crippen molar-refractivity contribution in [3.8, 4) is 0 Å². The lowest BCUT2D eigenvalue weighted by molar-refractivity contribution is -0.132. The van der Waals surface area contributed by atoms with E-state index in [1.807, 2.05) is 11.8 Å². The number of nitrogens with one attached hydrogen (secondary N) is 1. The quantitative estimate of drug-likeness (QED) is 0.793. The highest BCUT2D eigenvalue weighted by Gasteiger charge is 2.31. The van der Waals surface area contributed by atoms with Crippen LogP contribution < -0.4 is 5.32 Å². The van der Waals surface area contributed by atoms with Gasteiger partial charge < -0.3 is 10.2 Å². The third-order valence-corrected chi connectivity index (χ3v) is 5.01. The largest absolute Gasteiger partial charge is 0.340 e. The normalized spacial score (nSPS) is 35.4. The van der Waals surface area contributed by atoms with Crippen molar-refractivity contribution in [2.75, 3.05) is 24.6 Å². The van der Waals surface area contributed by atoms with Crippen molar-refractivity contribution in [2.24, 2.45) is 5.92 Å². The molecular weight excluding hydrogens is 220 g/mol. The second-order valence-corrected chi connectivity index (χ2v) is 6.17. The van der Waals surface area contributed by atoms with E-state index < -0.39 is 0 Å². The van der Waals surface area contributed by atoms with Crippen molar-refractivity contribution in [1.82, 2.24) is 10.2 Å². The highest BCUT2D eigenvalue weighted by Crippen LogP contribution is 2.24. The molecule has 1 N–H and O–H groups in total. The summed E-state index contributed by atoms with van der Waals surface area (Å²) in [5, 5.41) is 3.43. The molecule has 0 aromatic heterocycles. The average Bonchev–Trinajstić information content (AvgIpc) is 2.61. The minimum atomic E-state index is 0.344. The molecule has 0 radical (unpaired) electrons. The number of hydrogen-bond donors (Lipinski definition) is 1. The minimum absolute atomic E-state index is 0.344. The number of thioether (sulfide) groups is 1. The number of nitrogens with zero attached hydrogens (tertiary/aromatic N) is 1. The van der Waals surface area contributed by atoms with Gasteiger partial charge in [0.2, 0.25) is 5.91 Å². The van der Waals surface area contributed by atoms with Crippen LogP contribution in [0.1, 0.15) is 26.7 Å². The molecule has 3 atom stereocenters. The standard InChI is InChI=1S/C12H22N2OS/c1-9-3-5-14(10(9)2)12(15)7-11-8-16-6-4-13-11/h9-11,13H,3-8H2,1-2H3. The van der Waals surface area contributed by atoms with Crippen LogP contribution in [0.25, 0.3) is 0 Å². The first-order chi connectivity index (χ1) is 7.68. The SMILES string of the molecule is CC1CCN(C(=O)CC2CSCCN2)C1C. The maximum Gasteiger partial charge on any atom is 0.224 e. The van der Waals surface area contributed by atoms with Gasteiger partial charge in [-0.2, -0.15) is 11.8 Å². The topological polar surface area (TPSA) is 32.3 Å². The fourth-order valence-corrected chi connectivity index (χ4v) is 3.47. The molecule has 2 aliphatic rings. The van der Waals surface area contributed by atoms with E-state index in [4.69, 9.17) is 0 Å². The third-order valence-electron chi connectivity index (χ3n) is 3.88. The predicted octanol–water partition coefficient (Wildman–Crippen LogP) is 1.34. The summed E-state index contributed by atoms with van der Waals surface area (Å²) in [6, 6.07) is 0.832. The molecule has 3 nitrogen and oxygen atoms in total. The van der Waals surface area contributed by atoms with E-state index in [2.05, 4.69) is 24.1 Å². The van der Waals surface area contributed by atoms with Crippen LogP contribution in [0.2, 0.25) is 0 Å². The van der Waals surface area contributed by atoms with Crippen molar-refractivity contribution in [2.45, 2.75) is 38.8 Å². The first kappa shape index (κ1) is 12.2. The summed E-state index contributed by atoms with van der Waals surface area (Å²) < 4.78 is 0. The number of likely N-dealkylation sites (tertiary alicyclic amines) is 1. The summed E-state index contributed by atoms with van der Waals surface area (Å²) in [5.41, 5.74) is 0. The molecule has 2 aliphatic heterocycles. The Hall–Kier alpha value is -0.220. The molecule has 2 heterocycles. The molecule has 2 saturated heterocycles. The van der Waals surface area contributed by atoms with Crippen molar-refractivity contribution >= 4 is 17.7 Å². The van der Waals surface area contributed by atoms with Gasteiger partial charge in [0.05, 0.1) is 0 Å². The maximum absolute atomic E-state index is 12.1. The van der Waals surface area contributed by atoms with Crippen LogP contribution in [-0.2, 0) is 4.79 Å². The van der Waals surface area contributed by atoms with E-state index in [0.29, 0.717) is 30.3 Å². The molecule has 0 aliphatic carbocycles. The number of carbonyl (C=O) groups is 1. The molecule has 1 amide bonds. The lowest BCUT2D eigenvalue weighted by Crippen LogP contribution is -2.43. The minimum Gasteiger partial charge on any atom is -0.340 e. The van der Waals surface area contributed by atoms with E-state index in [-0.39, 0.29) is 0 Å². The molecule has 4 heteroatoms. The fraction of sp³-hybridized carbons (Fsp3) is 0.917. The Bertz CT molecular complexity index is 253. The Balaban J connectivity index is 1.83. The van der Waals surface area contributed by atoms with Crippen molar-refractivity contribution in [1.29, 1.82) is 0 Å². The van der Waals surface area contributed by atoms with Gasteiger partial charge in [-0.1, -0.05) is 6.92 Å². The zero-order chi connectivity index (χ0) is 11.5. The van der Waals surface area contributed by atoms with E-state index in [1.165, 1.54) is 12.2 Å². The molecule has 16 heavy (non-hydrogen) atoms. The average molecular weight is 242 g/mol. The van der Waals surface area contributed by atoms with Crippen LogP contribution >= 0.6 is 11.8 Å². The number of amides is 1. The summed E-state index contributed by atoms with van der Waals surface area (Å²) in [6.45, 7) is 6.43. The first-order valence-corrected chi connectivity index (χ1v) is 7.44. The zero-order valence-corrected chi connectivity index (χ0v) is 11.1. The molecule has 0 bridgehead atoms. The number of carbonyl (C=O) groups excluding carboxylic acids is 1. The van der Waals surface area contributed by atoms with Gasteiger partial charge in [0.15, 0.2) is 0 Å². The molecule has 0 spiro atoms. The van der Waals surface area contributed by atoms with Crippen LogP contribution in [0, 0.1) is 5.92 Å². The summed E-state index contributed by atoms with van der Waals surface area (Å²) >= 11 is 1.96. The molecule has 3 unspecified atom stereocenters. The Labute approximate surface area is 102 Å². The van der Waals surface area contributed by atoms with E-state index in [1.54, 1.807) is 0 Å². The molecule has 2 fully saturated rings. The molecule has 92 valence electrons. The van der Waals surface area contributed by atoms with Crippen molar-refractivity contribution in [3.63, 3.8) is 0 Å². The second kappa shape index (κ2) is 5.41. The Morgan fingerprint density at radius 3 is 2.88 bits per heavy atom. The van der Waals surface area contributed by atoms with Gasteiger partial charge in [-0.25, -0.2) is 0 Å². The predicted molar refractivity (Wildman–Crippen MR) is 68.7 cm³/mol. The molecule has 0 saturated carbocycles. The van der Waals surface area contributed by atoms with Gasteiger partial charge in [0.25, 0.3) is 0 Å². The lowest BCUT2D eigenvalue weighted by atomic mass is 10.1. The summed E-state index contributed by atoms with van der Waals surface area (Å²) in [5.74, 6) is 3.28. The van der Waals surface area contributed by atoms with Gasteiger partial charge in [0, 0.05) is 43.1 Å². The van der Waals surface area contributed by atoms with E-state index in [9.17, 15) is 4.79 Å². The van der Waals surface area contributed by atoms with Crippen LogP contribution in [-0.4, -0.2) is 47.5 Å². The summed E-state index contributed by atoms with van der Waals surface area (Å²) in [4.78, 5) is 14.2. The highest BCUT2D eigenvalue weighted by atomic mass is 32.2. The number of rotatable bonds is 2. The van der Waals surface area contributed by atoms with Gasteiger partial charge in [-0.15, -0.1) is 0 Å². The van der Waals surface area contributed by atoms with Crippen molar-refractivity contribution in [3.05, 3.63) is 0 Å². The lowest BCUT2D eigenvalue weighted by Gasteiger charge is -2.28. The maximum atomic E-state index is 12.1. The number of hydrogen-bond acceptors (Lipinski definition) is 3. The summed E-state index contributed by atoms with van der Waals surface area (Å²) in [7, 11) is 0. The van der Waals surface area contributed by atoms with Gasteiger partial charge in [0.1, 0.15) is 0 Å². The highest BCUT2D eigenvalue weighted by molar-refractivity contribution is 7.99. The summed E-state index contributed by atoms with van der Waals surface area (Å²) in [6.07, 6.45) is 1.85. The fourth-order valence-electron chi connectivity index (χ4n) is 2.53. The van der Waals surface area contributed by atoms with Crippen molar-refractivity contribution < 1.29 is 4.79 Å². The van der Waals surface area contributed by atoms with Gasteiger partial charge in [-0.05, 0) is 19.3 Å². The monoisotopic (exact) mass is 242 g/mol. The third kappa shape index (κ3) is 2.72. The first-order valence-electron chi connectivity index (χ1n) is 6.29. The molecular formula is C12H22N2OS. The van der Waals surface area contributed by atoms with Gasteiger partial charge in [-0.3, -0.25) is 4.79 Å². The molecule has 0 aromatic rings. The smallest absolute Gasteiger partial charge is 0.224 e. The Morgan fingerprint density at radius 2 is 2.31 bits per heavy atom.